The molecule has 0 amide bonds. The smallest absolute Gasteiger partial charge is 0.123 e. The molecule has 1 aromatic rings. The van der Waals surface area contributed by atoms with Gasteiger partial charge in [0.2, 0.25) is 0 Å². The molecule has 0 spiro atoms. The summed E-state index contributed by atoms with van der Waals surface area (Å²) in [6.07, 6.45) is 5.43. The Balaban J connectivity index is 1.86. The van der Waals surface area contributed by atoms with Crippen molar-refractivity contribution in [3.05, 3.63) is 35.6 Å². The fourth-order valence-corrected chi connectivity index (χ4v) is 3.85. The summed E-state index contributed by atoms with van der Waals surface area (Å²) in [6, 6.07) is 9.27. The van der Waals surface area contributed by atoms with Crippen molar-refractivity contribution in [1.82, 2.24) is 0 Å². The molecular formula is C15H16FN. The summed E-state index contributed by atoms with van der Waals surface area (Å²) < 4.78 is 13.2. The average molecular weight is 229 g/mol. The predicted molar refractivity (Wildman–Crippen MR) is 63.6 cm³/mol. The van der Waals surface area contributed by atoms with Gasteiger partial charge in [-0.25, -0.2) is 4.39 Å². The minimum Gasteiger partial charge on any atom is -0.207 e. The Morgan fingerprint density at radius 2 is 2.29 bits per heavy atom. The molecule has 88 valence electrons. The molecule has 0 aliphatic heterocycles. The summed E-state index contributed by atoms with van der Waals surface area (Å²) >= 11 is 0. The molecule has 2 fully saturated rings. The largest absolute Gasteiger partial charge is 0.207 e. The highest BCUT2D eigenvalue weighted by atomic mass is 19.1. The summed E-state index contributed by atoms with van der Waals surface area (Å²) in [5.74, 6) is 1.09. The maximum atomic E-state index is 13.2. The van der Waals surface area contributed by atoms with E-state index in [0.29, 0.717) is 5.92 Å². The first-order valence-electron chi connectivity index (χ1n) is 6.37. The van der Waals surface area contributed by atoms with E-state index in [4.69, 9.17) is 0 Å². The monoisotopic (exact) mass is 229 g/mol. The minimum atomic E-state index is -0.212. The van der Waals surface area contributed by atoms with E-state index in [2.05, 4.69) is 6.07 Å². The minimum absolute atomic E-state index is 0.196. The number of rotatable bonds is 2. The second-order valence-electron chi connectivity index (χ2n) is 5.65. The highest BCUT2D eigenvalue weighted by Gasteiger charge is 2.51. The second kappa shape index (κ2) is 3.84. The molecule has 2 aliphatic carbocycles. The van der Waals surface area contributed by atoms with Crippen LogP contribution in [0.4, 0.5) is 4.39 Å². The molecule has 0 N–H and O–H groups in total. The van der Waals surface area contributed by atoms with E-state index in [1.165, 1.54) is 25.3 Å². The van der Waals surface area contributed by atoms with E-state index < -0.39 is 0 Å². The SMILES string of the molecule is N#CC1(Cc2cccc(F)c2)CC2CCC1C2. The Morgan fingerprint density at radius 1 is 1.41 bits per heavy atom. The van der Waals surface area contributed by atoms with Crippen molar-refractivity contribution in [2.45, 2.75) is 32.1 Å². The van der Waals surface area contributed by atoms with Gasteiger partial charge in [0.05, 0.1) is 11.5 Å². The van der Waals surface area contributed by atoms with E-state index in [1.54, 1.807) is 12.1 Å². The van der Waals surface area contributed by atoms with Crippen molar-refractivity contribution in [2.24, 2.45) is 17.3 Å². The lowest BCUT2D eigenvalue weighted by Gasteiger charge is -2.31. The number of hydrogen-bond acceptors (Lipinski definition) is 1. The van der Waals surface area contributed by atoms with Crippen molar-refractivity contribution in [2.75, 3.05) is 0 Å². The predicted octanol–water partition coefficient (Wildman–Crippen LogP) is 3.70. The highest BCUT2D eigenvalue weighted by molar-refractivity contribution is 5.23. The Labute approximate surface area is 101 Å². The quantitative estimate of drug-likeness (QED) is 0.758. The molecule has 1 nitrogen and oxygen atoms in total. The molecule has 1 aromatic carbocycles. The Kier molecular flexibility index (Phi) is 2.43. The van der Waals surface area contributed by atoms with Gasteiger partial charge in [-0.3, -0.25) is 0 Å². The van der Waals surface area contributed by atoms with Crippen LogP contribution in [0.5, 0.6) is 0 Å². The standard InChI is InChI=1S/C15H16FN/c16-14-3-1-2-11(7-14)8-15(10-17)9-12-4-5-13(15)6-12/h1-3,7,12-13H,4-6,8-9H2. The molecule has 0 saturated heterocycles. The van der Waals surface area contributed by atoms with Gasteiger partial charge in [-0.1, -0.05) is 18.6 Å². The molecule has 2 aliphatic rings. The van der Waals surface area contributed by atoms with Gasteiger partial charge >= 0.3 is 0 Å². The molecule has 3 unspecified atom stereocenters. The van der Waals surface area contributed by atoms with Gasteiger partial charge in [0.25, 0.3) is 0 Å². The van der Waals surface area contributed by atoms with Crippen LogP contribution < -0.4 is 0 Å². The van der Waals surface area contributed by atoms with Gasteiger partial charge in [-0.05, 0) is 55.2 Å². The third-order valence-corrected chi connectivity index (χ3v) is 4.61. The summed E-state index contributed by atoms with van der Waals surface area (Å²) in [5, 5.41) is 9.53. The summed E-state index contributed by atoms with van der Waals surface area (Å²) in [5.41, 5.74) is 0.760. The molecule has 0 radical (unpaired) electrons. The van der Waals surface area contributed by atoms with Crippen LogP contribution in [-0.4, -0.2) is 0 Å². The number of nitrogens with zero attached hydrogens (tertiary/aromatic N) is 1. The topological polar surface area (TPSA) is 23.8 Å². The van der Waals surface area contributed by atoms with E-state index in [0.717, 1.165) is 24.3 Å². The number of hydrogen-bond donors (Lipinski definition) is 0. The van der Waals surface area contributed by atoms with Gasteiger partial charge in [0.1, 0.15) is 5.82 Å². The Morgan fingerprint density at radius 3 is 2.88 bits per heavy atom. The first-order valence-corrected chi connectivity index (χ1v) is 6.37. The zero-order valence-corrected chi connectivity index (χ0v) is 9.82. The third kappa shape index (κ3) is 1.74. The van der Waals surface area contributed by atoms with Crippen LogP contribution in [0.1, 0.15) is 31.2 Å². The van der Waals surface area contributed by atoms with Crippen molar-refractivity contribution in [3.63, 3.8) is 0 Å². The van der Waals surface area contributed by atoms with Crippen LogP contribution >= 0.6 is 0 Å². The van der Waals surface area contributed by atoms with E-state index in [9.17, 15) is 9.65 Å². The molecule has 17 heavy (non-hydrogen) atoms. The second-order valence-corrected chi connectivity index (χ2v) is 5.65. The Hall–Kier alpha value is -1.36. The van der Waals surface area contributed by atoms with Gasteiger partial charge in [0.15, 0.2) is 0 Å². The third-order valence-electron chi connectivity index (χ3n) is 4.61. The summed E-state index contributed by atoms with van der Waals surface area (Å²) in [4.78, 5) is 0. The zero-order valence-electron chi connectivity index (χ0n) is 9.82. The normalized spacial score (nSPS) is 34.8. The molecule has 3 rings (SSSR count). The van der Waals surface area contributed by atoms with Crippen LogP contribution in [-0.2, 0) is 6.42 Å². The maximum Gasteiger partial charge on any atom is 0.123 e. The molecule has 0 aromatic heterocycles. The highest BCUT2D eigenvalue weighted by Crippen LogP contribution is 2.56. The van der Waals surface area contributed by atoms with Crippen LogP contribution in [0.25, 0.3) is 0 Å². The summed E-state index contributed by atoms with van der Waals surface area (Å²) in [7, 11) is 0. The van der Waals surface area contributed by atoms with E-state index in [1.807, 2.05) is 6.07 Å². The first-order chi connectivity index (χ1) is 8.22. The molecular weight excluding hydrogens is 213 g/mol. The summed E-state index contributed by atoms with van der Waals surface area (Å²) in [6.45, 7) is 0. The molecule has 2 saturated carbocycles. The van der Waals surface area contributed by atoms with E-state index >= 15 is 0 Å². The number of benzene rings is 1. The first kappa shape index (κ1) is 10.8. The van der Waals surface area contributed by atoms with Crippen molar-refractivity contribution < 1.29 is 4.39 Å². The zero-order chi connectivity index (χ0) is 11.9. The number of halogens is 1. The van der Waals surface area contributed by atoms with Crippen LogP contribution in [0.3, 0.4) is 0 Å². The van der Waals surface area contributed by atoms with Crippen molar-refractivity contribution in [3.8, 4) is 6.07 Å². The lowest BCUT2D eigenvalue weighted by molar-refractivity contribution is 0.239. The molecule has 2 heteroatoms. The fraction of sp³-hybridized carbons (Fsp3) is 0.533. The Bertz CT molecular complexity index is 476. The van der Waals surface area contributed by atoms with Gasteiger partial charge in [-0.15, -0.1) is 0 Å². The average Bonchev–Trinajstić information content (AvgIpc) is 2.89. The number of nitriles is 1. The molecule has 0 heterocycles. The maximum absolute atomic E-state index is 13.2. The van der Waals surface area contributed by atoms with Crippen molar-refractivity contribution in [1.29, 1.82) is 5.26 Å². The van der Waals surface area contributed by atoms with Gasteiger partial charge in [-0.2, -0.15) is 5.26 Å². The van der Waals surface area contributed by atoms with E-state index in [-0.39, 0.29) is 11.2 Å². The molecule has 3 atom stereocenters. The van der Waals surface area contributed by atoms with Crippen LogP contribution in [0, 0.1) is 34.4 Å². The van der Waals surface area contributed by atoms with Gasteiger partial charge < -0.3 is 0 Å². The van der Waals surface area contributed by atoms with Crippen LogP contribution in [0.15, 0.2) is 24.3 Å². The van der Waals surface area contributed by atoms with Gasteiger partial charge in [0, 0.05) is 0 Å². The lowest BCUT2D eigenvalue weighted by atomic mass is 9.70. The molecule has 2 bridgehead atoms. The lowest BCUT2D eigenvalue weighted by Crippen LogP contribution is -2.28. The number of fused-ring (bicyclic) bond motifs is 2. The van der Waals surface area contributed by atoms with Crippen LogP contribution in [0.2, 0.25) is 0 Å². The fourth-order valence-electron chi connectivity index (χ4n) is 3.85. The van der Waals surface area contributed by atoms with Crippen molar-refractivity contribution >= 4 is 0 Å².